The molecule has 6 rings (SSSR count). The van der Waals surface area contributed by atoms with Crippen molar-refractivity contribution in [3.05, 3.63) is 96.7 Å². The van der Waals surface area contributed by atoms with Crippen molar-refractivity contribution in [3.63, 3.8) is 0 Å². The molecule has 186 valence electrons. The largest absolute Gasteiger partial charge is 0.382 e. The predicted molar refractivity (Wildman–Crippen MR) is 149 cm³/mol. The van der Waals surface area contributed by atoms with Crippen LogP contribution in [0.15, 0.2) is 91.1 Å². The molecule has 7 nitrogen and oxygen atoms in total. The summed E-state index contributed by atoms with van der Waals surface area (Å²) in [6, 6.07) is 28.6. The van der Waals surface area contributed by atoms with Crippen molar-refractivity contribution < 1.29 is 4.79 Å². The second kappa shape index (κ2) is 9.95. The molecule has 1 amide bonds. The van der Waals surface area contributed by atoms with E-state index < -0.39 is 0 Å². The van der Waals surface area contributed by atoms with E-state index >= 15 is 0 Å². The minimum atomic E-state index is -0.174. The molecule has 1 saturated heterocycles. The Balaban J connectivity index is 1.18. The molecular weight excluding hydrogens is 460 g/mol. The van der Waals surface area contributed by atoms with Crippen LogP contribution in [-0.4, -0.2) is 51.8 Å². The molecular formula is C30H30N6O. The number of hydrogen-bond donors (Lipinski definition) is 3. The number of H-pyrrole nitrogens is 1. The lowest BCUT2D eigenvalue weighted by atomic mass is 10.0. The monoisotopic (exact) mass is 490 g/mol. The van der Waals surface area contributed by atoms with E-state index in [0.717, 1.165) is 59.5 Å². The maximum atomic E-state index is 12.9. The summed E-state index contributed by atoms with van der Waals surface area (Å²) < 4.78 is 2.17. The van der Waals surface area contributed by atoms with Gasteiger partial charge in [-0.2, -0.15) is 5.10 Å². The Labute approximate surface area is 216 Å². The van der Waals surface area contributed by atoms with Gasteiger partial charge < -0.3 is 20.1 Å². The van der Waals surface area contributed by atoms with Gasteiger partial charge in [0.15, 0.2) is 0 Å². The molecule has 0 bridgehead atoms. The number of nitrogens with one attached hydrogen (secondary N) is 3. The van der Waals surface area contributed by atoms with E-state index in [-0.39, 0.29) is 5.91 Å². The highest BCUT2D eigenvalue weighted by molar-refractivity contribution is 6.04. The number of likely N-dealkylation sites (tertiary alicyclic amines) is 1. The van der Waals surface area contributed by atoms with Crippen LogP contribution in [0.25, 0.3) is 27.8 Å². The first-order valence-corrected chi connectivity index (χ1v) is 12.7. The van der Waals surface area contributed by atoms with Gasteiger partial charge >= 0.3 is 0 Å². The fraction of sp³-hybridized carbons (Fsp3) is 0.200. The van der Waals surface area contributed by atoms with Gasteiger partial charge in [-0.15, -0.1) is 0 Å². The lowest BCUT2D eigenvalue weighted by molar-refractivity contribution is 0.102. The topological polar surface area (TPSA) is 78.0 Å². The number of benzene rings is 3. The smallest absolute Gasteiger partial charge is 0.256 e. The zero-order valence-electron chi connectivity index (χ0n) is 20.8. The van der Waals surface area contributed by atoms with E-state index in [0.29, 0.717) is 17.4 Å². The van der Waals surface area contributed by atoms with E-state index in [2.05, 4.69) is 73.9 Å². The molecule has 1 aliphatic rings. The standard InChI is InChI=1S/C30H30N6O/c1-35-17-15-24(16-18-35)31-23-12-10-22(11-13-23)30(37)32-28-20-27(33-34-28)26-9-5-6-21-14-19-36(29(21)26)25-7-3-2-4-8-25/h2-14,19-20,24,31H,15-18H2,1H3,(H2,32,33,34,37). The fourth-order valence-electron chi connectivity index (χ4n) is 5.03. The number of nitrogens with zero attached hydrogens (tertiary/aromatic N) is 3. The van der Waals surface area contributed by atoms with E-state index in [4.69, 9.17) is 0 Å². The van der Waals surface area contributed by atoms with Gasteiger partial charge in [-0.05, 0) is 75.4 Å². The molecule has 3 aromatic carbocycles. The molecule has 1 fully saturated rings. The van der Waals surface area contributed by atoms with Crippen LogP contribution in [0.2, 0.25) is 0 Å². The molecule has 1 aliphatic heterocycles. The maximum absolute atomic E-state index is 12.9. The Hall–Kier alpha value is -4.36. The first-order chi connectivity index (χ1) is 18.1. The van der Waals surface area contributed by atoms with Crippen LogP contribution in [-0.2, 0) is 0 Å². The van der Waals surface area contributed by atoms with Gasteiger partial charge in [-0.25, -0.2) is 0 Å². The minimum Gasteiger partial charge on any atom is -0.382 e. The van der Waals surface area contributed by atoms with Crippen LogP contribution >= 0.6 is 0 Å². The van der Waals surface area contributed by atoms with Gasteiger partial charge in [0.05, 0.1) is 11.2 Å². The van der Waals surface area contributed by atoms with Crippen LogP contribution in [0.5, 0.6) is 0 Å². The quantitative estimate of drug-likeness (QED) is 0.282. The predicted octanol–water partition coefficient (Wildman–Crippen LogP) is 5.78. The van der Waals surface area contributed by atoms with Crippen molar-refractivity contribution in [1.29, 1.82) is 0 Å². The number of aromatic nitrogens is 3. The van der Waals surface area contributed by atoms with Crippen molar-refractivity contribution in [2.75, 3.05) is 30.8 Å². The third kappa shape index (κ3) is 4.86. The number of para-hydroxylation sites is 2. The zero-order valence-corrected chi connectivity index (χ0v) is 20.8. The molecule has 0 aliphatic carbocycles. The molecule has 3 N–H and O–H groups in total. The second-order valence-electron chi connectivity index (χ2n) is 9.68. The second-order valence-corrected chi connectivity index (χ2v) is 9.68. The summed E-state index contributed by atoms with van der Waals surface area (Å²) in [4.78, 5) is 15.3. The van der Waals surface area contributed by atoms with Crippen molar-refractivity contribution in [1.82, 2.24) is 19.7 Å². The summed E-state index contributed by atoms with van der Waals surface area (Å²) in [5.41, 5.74) is 5.57. The number of carbonyl (C=O) groups excluding carboxylic acids is 1. The molecule has 0 spiro atoms. The van der Waals surface area contributed by atoms with Gasteiger partial charge in [-0.1, -0.05) is 36.4 Å². The van der Waals surface area contributed by atoms with E-state index in [1.165, 1.54) is 0 Å². The maximum Gasteiger partial charge on any atom is 0.256 e. The summed E-state index contributed by atoms with van der Waals surface area (Å²) in [7, 11) is 2.16. The van der Waals surface area contributed by atoms with Crippen molar-refractivity contribution in [2.45, 2.75) is 18.9 Å². The number of aromatic amines is 1. The van der Waals surface area contributed by atoms with Crippen LogP contribution < -0.4 is 10.6 Å². The number of hydrogen-bond acceptors (Lipinski definition) is 4. The Kier molecular flexibility index (Phi) is 6.20. The molecule has 37 heavy (non-hydrogen) atoms. The fourth-order valence-corrected chi connectivity index (χ4v) is 5.03. The average molecular weight is 491 g/mol. The summed E-state index contributed by atoms with van der Waals surface area (Å²) >= 11 is 0. The number of amides is 1. The van der Waals surface area contributed by atoms with Gasteiger partial charge in [-0.3, -0.25) is 9.89 Å². The van der Waals surface area contributed by atoms with Crippen LogP contribution in [0.1, 0.15) is 23.2 Å². The van der Waals surface area contributed by atoms with Crippen LogP contribution in [0.4, 0.5) is 11.5 Å². The SMILES string of the molecule is CN1CCC(Nc2ccc(C(=O)Nc3cc(-c4cccc5ccn(-c6ccccc6)c45)n[nH]3)cc2)CC1. The van der Waals surface area contributed by atoms with Gasteiger partial charge in [0.2, 0.25) is 0 Å². The van der Waals surface area contributed by atoms with Crippen LogP contribution in [0, 0.1) is 0 Å². The number of anilines is 2. The summed E-state index contributed by atoms with van der Waals surface area (Å²) in [6.07, 6.45) is 4.33. The average Bonchev–Trinajstić information content (AvgIpc) is 3.58. The molecule has 2 aromatic heterocycles. The lowest BCUT2D eigenvalue weighted by Gasteiger charge is -2.30. The number of rotatable bonds is 6. The highest BCUT2D eigenvalue weighted by atomic mass is 16.1. The molecule has 5 aromatic rings. The highest BCUT2D eigenvalue weighted by Gasteiger charge is 2.17. The third-order valence-corrected chi connectivity index (χ3v) is 7.08. The van der Waals surface area contributed by atoms with Crippen molar-refractivity contribution in [3.8, 4) is 16.9 Å². The first-order valence-electron chi connectivity index (χ1n) is 12.7. The van der Waals surface area contributed by atoms with Crippen LogP contribution in [0.3, 0.4) is 0 Å². The minimum absolute atomic E-state index is 0.174. The molecule has 7 heteroatoms. The van der Waals surface area contributed by atoms with E-state index in [1.807, 2.05) is 54.6 Å². The Bertz CT molecular complexity index is 1510. The van der Waals surface area contributed by atoms with Gasteiger partial charge in [0, 0.05) is 46.2 Å². The Morgan fingerprint density at radius 3 is 2.51 bits per heavy atom. The summed E-state index contributed by atoms with van der Waals surface area (Å²) in [5, 5.41) is 15.2. The lowest BCUT2D eigenvalue weighted by Crippen LogP contribution is -2.36. The summed E-state index contributed by atoms with van der Waals surface area (Å²) in [5.74, 6) is 0.384. The highest BCUT2D eigenvalue weighted by Crippen LogP contribution is 2.31. The third-order valence-electron chi connectivity index (χ3n) is 7.08. The normalized spacial score (nSPS) is 14.6. The first kappa shape index (κ1) is 23.1. The molecule has 0 atom stereocenters. The van der Waals surface area contributed by atoms with E-state index in [9.17, 15) is 4.79 Å². The number of fused-ring (bicyclic) bond motifs is 1. The molecule has 0 radical (unpaired) electrons. The van der Waals surface area contributed by atoms with E-state index in [1.54, 1.807) is 0 Å². The summed E-state index contributed by atoms with van der Waals surface area (Å²) in [6.45, 7) is 2.22. The molecule has 3 heterocycles. The molecule has 0 saturated carbocycles. The number of carbonyl (C=O) groups is 1. The van der Waals surface area contributed by atoms with Gasteiger partial charge in [0.25, 0.3) is 5.91 Å². The zero-order chi connectivity index (χ0) is 25.2. The molecule has 0 unspecified atom stereocenters. The number of piperidine rings is 1. The van der Waals surface area contributed by atoms with Gasteiger partial charge in [0.1, 0.15) is 5.82 Å². The Morgan fingerprint density at radius 2 is 1.73 bits per heavy atom. The van der Waals surface area contributed by atoms with Crippen molar-refractivity contribution >= 4 is 28.3 Å². The van der Waals surface area contributed by atoms with Crippen molar-refractivity contribution in [2.24, 2.45) is 0 Å². The Morgan fingerprint density at radius 1 is 0.946 bits per heavy atom.